The van der Waals surface area contributed by atoms with Gasteiger partial charge in [-0.25, -0.2) is 4.39 Å². The van der Waals surface area contributed by atoms with Crippen molar-refractivity contribution in [3.05, 3.63) is 64.9 Å². The number of ether oxygens (including phenoxy) is 1. The van der Waals surface area contributed by atoms with Gasteiger partial charge in [0.2, 0.25) is 0 Å². The molecule has 0 saturated carbocycles. The van der Waals surface area contributed by atoms with Gasteiger partial charge in [0.15, 0.2) is 0 Å². The molecule has 1 N–H and O–H groups in total. The zero-order chi connectivity index (χ0) is 15.1. The van der Waals surface area contributed by atoms with Crippen molar-refractivity contribution in [2.45, 2.75) is 18.9 Å². The van der Waals surface area contributed by atoms with E-state index in [4.69, 9.17) is 16.3 Å². The monoisotopic (exact) mass is 307 g/mol. The molecule has 2 aromatic rings. The van der Waals surface area contributed by atoms with E-state index in [9.17, 15) is 4.39 Å². The van der Waals surface area contributed by atoms with Crippen molar-refractivity contribution in [1.82, 2.24) is 5.32 Å². The van der Waals surface area contributed by atoms with Crippen LogP contribution in [0.25, 0.3) is 0 Å². The molecule has 4 heteroatoms. The van der Waals surface area contributed by atoms with Gasteiger partial charge < -0.3 is 10.1 Å². The van der Waals surface area contributed by atoms with Gasteiger partial charge in [0.05, 0.1) is 11.6 Å². The van der Waals surface area contributed by atoms with Gasteiger partial charge >= 0.3 is 0 Å². The summed E-state index contributed by atoms with van der Waals surface area (Å²) in [6, 6.07) is 14.8. The molecule has 0 aromatic heterocycles. The Morgan fingerprint density at radius 1 is 1.14 bits per heavy atom. The second-order valence-electron chi connectivity index (χ2n) is 4.85. The van der Waals surface area contributed by atoms with E-state index >= 15 is 0 Å². The summed E-state index contributed by atoms with van der Waals surface area (Å²) in [4.78, 5) is 0. The van der Waals surface area contributed by atoms with Crippen LogP contribution >= 0.6 is 11.6 Å². The number of hydrogen-bond acceptors (Lipinski definition) is 2. The fourth-order valence-corrected chi connectivity index (χ4v) is 2.36. The van der Waals surface area contributed by atoms with Gasteiger partial charge in [-0.3, -0.25) is 0 Å². The van der Waals surface area contributed by atoms with Crippen molar-refractivity contribution in [1.29, 1.82) is 0 Å². The van der Waals surface area contributed by atoms with Crippen molar-refractivity contribution >= 4 is 11.6 Å². The molecule has 0 spiro atoms. The Bertz CT molecular complexity index is 562. The zero-order valence-corrected chi connectivity index (χ0v) is 12.7. The Morgan fingerprint density at radius 2 is 1.90 bits per heavy atom. The molecule has 1 atom stereocenters. The van der Waals surface area contributed by atoms with Gasteiger partial charge in [-0.1, -0.05) is 41.9 Å². The normalized spacial score (nSPS) is 12.1. The minimum atomic E-state index is -0.371. The van der Waals surface area contributed by atoms with E-state index in [1.807, 2.05) is 43.4 Å². The first-order valence-corrected chi connectivity index (χ1v) is 7.36. The lowest BCUT2D eigenvalue weighted by Gasteiger charge is -2.17. The first-order valence-electron chi connectivity index (χ1n) is 6.98. The van der Waals surface area contributed by atoms with Crippen molar-refractivity contribution in [2.24, 2.45) is 0 Å². The third kappa shape index (κ3) is 4.73. The second-order valence-corrected chi connectivity index (χ2v) is 5.23. The molecule has 0 aliphatic heterocycles. The smallest absolute Gasteiger partial charge is 0.142 e. The number of benzene rings is 2. The molecule has 2 aromatic carbocycles. The highest BCUT2D eigenvalue weighted by molar-refractivity contribution is 6.31. The Hall–Kier alpha value is -1.58. The van der Waals surface area contributed by atoms with Crippen LogP contribution in [0.15, 0.2) is 48.5 Å². The van der Waals surface area contributed by atoms with Crippen LogP contribution < -0.4 is 10.1 Å². The number of likely N-dealkylation sites (N-methyl/N-ethyl adjacent to an activating group) is 1. The van der Waals surface area contributed by atoms with Crippen molar-refractivity contribution in [2.75, 3.05) is 13.7 Å². The molecule has 0 amide bonds. The highest BCUT2D eigenvalue weighted by atomic mass is 35.5. The lowest BCUT2D eigenvalue weighted by Crippen LogP contribution is -2.29. The molecule has 0 aliphatic carbocycles. The quantitative estimate of drug-likeness (QED) is 0.832. The molecule has 1 unspecified atom stereocenters. The maximum atomic E-state index is 13.4. The van der Waals surface area contributed by atoms with E-state index in [2.05, 4.69) is 5.32 Å². The van der Waals surface area contributed by atoms with Gasteiger partial charge in [0.1, 0.15) is 11.6 Å². The van der Waals surface area contributed by atoms with Crippen molar-refractivity contribution in [3.8, 4) is 5.75 Å². The average molecular weight is 308 g/mol. The van der Waals surface area contributed by atoms with Crippen LogP contribution in [0, 0.1) is 5.82 Å². The highest BCUT2D eigenvalue weighted by Crippen LogP contribution is 2.21. The standard InChI is InChI=1S/C17H19ClFNO/c1-20-14(10-11-21-15-7-3-2-4-8-15)12-13-6-5-9-16(19)17(13)18/h2-9,14,20H,10-12H2,1H3. The Kier molecular flexibility index (Phi) is 6.03. The minimum absolute atomic E-state index is 0.188. The van der Waals surface area contributed by atoms with E-state index in [1.54, 1.807) is 6.07 Å². The van der Waals surface area contributed by atoms with Crippen LogP contribution in [-0.4, -0.2) is 19.7 Å². The van der Waals surface area contributed by atoms with E-state index < -0.39 is 0 Å². The van der Waals surface area contributed by atoms with E-state index in [0.717, 1.165) is 17.7 Å². The summed E-state index contributed by atoms with van der Waals surface area (Å²) in [5.74, 6) is 0.487. The minimum Gasteiger partial charge on any atom is -0.494 e. The van der Waals surface area contributed by atoms with Crippen LogP contribution in [0.2, 0.25) is 5.02 Å². The Labute approximate surface area is 129 Å². The molecule has 112 valence electrons. The van der Waals surface area contributed by atoms with E-state index in [-0.39, 0.29) is 16.9 Å². The maximum absolute atomic E-state index is 13.4. The predicted octanol–water partition coefficient (Wildman–Crippen LogP) is 4.08. The average Bonchev–Trinajstić information content (AvgIpc) is 2.51. The molecule has 0 bridgehead atoms. The largest absolute Gasteiger partial charge is 0.494 e. The first kappa shape index (κ1) is 15.8. The lowest BCUT2D eigenvalue weighted by molar-refractivity contribution is 0.288. The SMILES string of the molecule is CNC(CCOc1ccccc1)Cc1cccc(F)c1Cl. The van der Waals surface area contributed by atoms with E-state index in [0.29, 0.717) is 13.0 Å². The number of nitrogens with one attached hydrogen (secondary N) is 1. The Morgan fingerprint density at radius 3 is 2.62 bits per heavy atom. The van der Waals surface area contributed by atoms with Crippen LogP contribution in [0.4, 0.5) is 4.39 Å². The second kappa shape index (κ2) is 8.01. The summed E-state index contributed by atoms with van der Waals surface area (Å²) in [5, 5.41) is 3.43. The van der Waals surface area contributed by atoms with Gasteiger partial charge in [-0.2, -0.15) is 0 Å². The summed E-state index contributed by atoms with van der Waals surface area (Å²) >= 11 is 5.99. The molecular formula is C17H19ClFNO. The topological polar surface area (TPSA) is 21.3 Å². The summed E-state index contributed by atoms with van der Waals surface area (Å²) in [6.45, 7) is 0.600. The fraction of sp³-hybridized carbons (Fsp3) is 0.294. The summed E-state index contributed by atoms with van der Waals surface area (Å²) in [7, 11) is 1.89. The zero-order valence-electron chi connectivity index (χ0n) is 12.0. The van der Waals surface area contributed by atoms with Crippen molar-refractivity contribution in [3.63, 3.8) is 0 Å². The molecule has 0 heterocycles. The third-order valence-corrected chi connectivity index (χ3v) is 3.81. The van der Waals surface area contributed by atoms with Gasteiger partial charge in [-0.05, 0) is 43.7 Å². The van der Waals surface area contributed by atoms with Gasteiger partial charge in [-0.15, -0.1) is 0 Å². The first-order chi connectivity index (χ1) is 10.2. The summed E-state index contributed by atoms with van der Waals surface area (Å²) < 4.78 is 19.1. The third-order valence-electron chi connectivity index (χ3n) is 3.38. The van der Waals surface area contributed by atoms with Gasteiger partial charge in [0.25, 0.3) is 0 Å². The Balaban J connectivity index is 1.87. The molecule has 2 nitrogen and oxygen atoms in total. The molecule has 0 aliphatic rings. The predicted molar refractivity (Wildman–Crippen MR) is 84.5 cm³/mol. The van der Waals surface area contributed by atoms with Crippen LogP contribution in [0.3, 0.4) is 0 Å². The van der Waals surface area contributed by atoms with Crippen LogP contribution in [0.5, 0.6) is 5.75 Å². The molecule has 2 rings (SSSR count). The molecule has 0 saturated heterocycles. The maximum Gasteiger partial charge on any atom is 0.142 e. The van der Waals surface area contributed by atoms with Gasteiger partial charge in [0, 0.05) is 6.04 Å². The number of rotatable bonds is 7. The number of para-hydroxylation sites is 1. The number of halogens is 2. The molecule has 0 radical (unpaired) electrons. The molecule has 0 fully saturated rings. The fourth-order valence-electron chi connectivity index (χ4n) is 2.16. The summed E-state index contributed by atoms with van der Waals surface area (Å²) in [6.07, 6.45) is 1.49. The molecule has 21 heavy (non-hydrogen) atoms. The number of hydrogen-bond donors (Lipinski definition) is 1. The van der Waals surface area contributed by atoms with E-state index in [1.165, 1.54) is 6.07 Å². The van der Waals surface area contributed by atoms with Crippen LogP contribution in [-0.2, 0) is 6.42 Å². The van der Waals surface area contributed by atoms with Crippen LogP contribution in [0.1, 0.15) is 12.0 Å². The summed E-state index contributed by atoms with van der Waals surface area (Å²) in [5.41, 5.74) is 0.815. The highest BCUT2D eigenvalue weighted by Gasteiger charge is 2.12. The molecular weight excluding hydrogens is 289 g/mol. The van der Waals surface area contributed by atoms with Crippen molar-refractivity contribution < 1.29 is 9.13 Å². The lowest BCUT2D eigenvalue weighted by atomic mass is 10.0.